The molecule has 100 heavy (non-hydrogen) atoms. The van der Waals surface area contributed by atoms with Crippen LogP contribution in [-0.4, -0.2) is 0 Å². The fraction of sp³-hybridized carbons (Fsp3) is 0. The first-order valence-corrected chi connectivity index (χ1v) is 0. The molecule has 0 aromatic carbocycles. The Balaban J connectivity index is 0. The van der Waals surface area contributed by atoms with Crippen LogP contribution in [0.5, 0.6) is 0 Å². The van der Waals surface area contributed by atoms with Crippen molar-refractivity contribution in [2.75, 3.05) is 0 Å². The smallest absolute Gasteiger partial charge is 0 e. The molecule has 0 aromatic rings. The van der Waals surface area contributed by atoms with Gasteiger partial charge in [0.25, 0.3) is 0 Å². The minimum atomic E-state index is 0. The normalized spacial score (nSPS) is 0. The molecule has 0 bridgehead atoms. The van der Waals surface area contributed by atoms with Crippen LogP contribution in [0.2, 0.25) is 0 Å². The first-order valence-electron chi connectivity index (χ1n) is 0. The van der Waals surface area contributed by atoms with E-state index in [-0.39, 0.29) is 2110 Å². The molecular weight excluding hydrogens is 18400 g/mol. The van der Waals surface area contributed by atoms with Gasteiger partial charge in [-0.2, -0.15) is 0 Å². The maximum absolute atomic E-state index is 0. The molecule has 0 spiro atoms. The summed E-state index contributed by atoms with van der Waals surface area (Å²) in [6, 6.07) is 0. The molecule has 100 heteroatoms. The Kier molecular flexibility index (Phi) is 9900. The minimum absolute atomic E-state index is 0. The molecule has 0 heterocycles. The topological polar surface area (TPSA) is 0 Å². The minimum Gasteiger partial charge on any atom is 0 e. The summed E-state index contributed by atoms with van der Waals surface area (Å²) < 4.78 is 0. The van der Waals surface area contributed by atoms with Crippen molar-refractivity contribution in [3.8, 4) is 0 Å². The van der Waals surface area contributed by atoms with Gasteiger partial charge in [-0.15, -0.1) is 0 Å². The van der Waals surface area contributed by atoms with Crippen LogP contribution in [0.25, 0.3) is 0 Å². The van der Waals surface area contributed by atoms with Crippen molar-refractivity contribution in [2.45, 2.75) is 0 Å². The fourth-order valence-electron chi connectivity index (χ4n) is 0. The Morgan fingerprint density at radius 1 is 0.0100 bits per heavy atom. The van der Waals surface area contributed by atoms with Crippen molar-refractivity contribution in [3.05, 3.63) is 0 Å². The molecule has 0 fully saturated rings. The molecule has 0 saturated carbocycles. The van der Waals surface area contributed by atoms with Crippen molar-refractivity contribution < 1.29 is 2110 Å². The van der Waals surface area contributed by atoms with Crippen molar-refractivity contribution in [2.24, 2.45) is 0 Å². The van der Waals surface area contributed by atoms with E-state index in [9.17, 15) is 0 Å². The van der Waals surface area contributed by atoms with E-state index < -0.39 is 0 Å². The summed E-state index contributed by atoms with van der Waals surface area (Å²) in [4.78, 5) is 0. The quantitative estimate of drug-likeness (QED) is 0.315. The van der Waals surface area contributed by atoms with Gasteiger partial charge in [-0.1, -0.05) is 0 Å². The van der Waals surface area contributed by atoms with E-state index in [1.807, 2.05) is 0 Å². The third-order valence-corrected chi connectivity index (χ3v) is 0. The van der Waals surface area contributed by atoms with Gasteiger partial charge < -0.3 is 0 Å². The van der Waals surface area contributed by atoms with E-state index in [0.29, 0.717) is 0 Å². The molecule has 0 unspecified atom stereocenters. The van der Waals surface area contributed by atoms with E-state index in [0.717, 1.165) is 0 Å². The van der Waals surface area contributed by atoms with Crippen LogP contribution in [0.15, 0.2) is 0 Å². The second kappa shape index (κ2) is 986. The van der Waals surface area contributed by atoms with Gasteiger partial charge >= 0.3 is 0 Å². The molecule has 0 aliphatic carbocycles. The molecule has 0 rings (SSSR count). The first kappa shape index (κ1) is 1000. The molecule has 0 amide bonds. The van der Waals surface area contributed by atoms with Crippen molar-refractivity contribution in [1.82, 2.24) is 0 Å². The van der Waals surface area contributed by atoms with Crippen LogP contribution in [-0.2, 0) is 2110 Å². The third kappa shape index (κ3) is 968. The predicted octanol–water partition coefficient (Wildman–Crippen LogP) is -0.250. The molecular formula is W100. The van der Waals surface area contributed by atoms with Gasteiger partial charge in [0.2, 0.25) is 0 Å². The van der Waals surface area contributed by atoms with Crippen molar-refractivity contribution in [3.63, 3.8) is 0 Å². The second-order valence-electron chi connectivity index (χ2n) is 0. The van der Waals surface area contributed by atoms with Crippen LogP contribution < -0.4 is 0 Å². The van der Waals surface area contributed by atoms with Gasteiger partial charge in [-0.3, -0.25) is 0 Å². The Hall–Kier alpha value is 68.8. The maximum atomic E-state index is 0. The van der Waals surface area contributed by atoms with E-state index in [1.54, 1.807) is 0 Å². The summed E-state index contributed by atoms with van der Waals surface area (Å²) in [5.74, 6) is 0. The fourth-order valence-corrected chi connectivity index (χ4v) is 0. The first-order chi connectivity index (χ1) is 0. The zero-order valence-electron chi connectivity index (χ0n) is 40.8. The average Bonchev–Trinajstić information content (AvgIpc) is 0. The summed E-state index contributed by atoms with van der Waals surface area (Å²) >= 11 is 0. The molecule has 0 N–H and O–H groups in total. The molecule has 0 saturated heterocycles. The van der Waals surface area contributed by atoms with Gasteiger partial charge in [-0.05, 0) is 0 Å². The van der Waals surface area contributed by atoms with Gasteiger partial charge in [0.1, 0.15) is 0 Å². The molecule has 0 aliphatic heterocycles. The van der Waals surface area contributed by atoms with Crippen LogP contribution in [0.3, 0.4) is 0 Å². The molecule has 0 radical (unpaired) electrons. The Bertz CT molecular complexity index is 0. The van der Waals surface area contributed by atoms with Crippen molar-refractivity contribution >= 4 is 0 Å². The largest absolute Gasteiger partial charge is 0 e. The van der Waals surface area contributed by atoms with E-state index in [4.69, 9.17) is 0 Å². The van der Waals surface area contributed by atoms with Gasteiger partial charge in [0, 0.05) is 2110 Å². The third-order valence-electron chi connectivity index (χ3n) is 0. The Morgan fingerprint density at radius 2 is 0.0100 bits per heavy atom. The number of rotatable bonds is 0. The van der Waals surface area contributed by atoms with E-state index >= 15 is 0 Å². The van der Waals surface area contributed by atoms with Gasteiger partial charge in [0.05, 0.1) is 0 Å². The summed E-state index contributed by atoms with van der Waals surface area (Å²) in [5.41, 5.74) is 0. The van der Waals surface area contributed by atoms with Crippen LogP contribution in [0, 0.1) is 0 Å². The average molecular weight is 18400 g/mol. The molecule has 0 aromatic heterocycles. The zero-order valence-corrected chi connectivity index (χ0v) is 334. The molecule has 0 aliphatic rings. The molecule has 600 valence electrons. The Morgan fingerprint density at radius 3 is 0.0100 bits per heavy atom. The van der Waals surface area contributed by atoms with Crippen LogP contribution >= 0.6 is 0 Å². The molecule has 0 atom stereocenters. The van der Waals surface area contributed by atoms with E-state index in [1.165, 1.54) is 0 Å². The van der Waals surface area contributed by atoms with Gasteiger partial charge in [0.15, 0.2) is 0 Å². The Labute approximate surface area is 2040 Å². The second-order valence-corrected chi connectivity index (χ2v) is 0. The van der Waals surface area contributed by atoms with Crippen LogP contribution in [0.4, 0.5) is 0 Å². The summed E-state index contributed by atoms with van der Waals surface area (Å²) in [7, 11) is 0. The van der Waals surface area contributed by atoms with Gasteiger partial charge in [-0.25, -0.2) is 0 Å². The SMILES string of the molecule is [W].[W].[W].[W].[W].[W].[W].[W].[W].[W].[W].[W].[W].[W].[W].[W].[W].[W].[W].[W].[W].[W].[W].[W].[W].[W].[W].[W].[W].[W].[W].[W].[W].[W].[W].[W].[W].[W].[W].[W].[W].[W].[W].[W].[W].[W].[W].[W].[W].[W].[W].[W].[W].[W].[W].[W].[W].[W].[W].[W].[W].[W].[W].[W].[W].[W].[W].[W].[W].[W].[W].[W].[W].[W].[W].[W].[W].[W].[W].[W].[W].[W].[W].[W].[W].[W].[W].[W].[W].[W].[W].[W].[W].[W].[W].[W].[W].[W].[W].[W]. The standard InChI is InChI=1S/100W. The number of hydrogen-bond acceptors (Lipinski definition) is 0. The zero-order chi connectivity index (χ0) is 0. The van der Waals surface area contributed by atoms with E-state index in [2.05, 4.69) is 0 Å². The summed E-state index contributed by atoms with van der Waals surface area (Å²) in [6.45, 7) is 0. The summed E-state index contributed by atoms with van der Waals surface area (Å²) in [5, 5.41) is 0. The summed E-state index contributed by atoms with van der Waals surface area (Å²) in [6.07, 6.45) is 0. The number of hydrogen-bond donors (Lipinski definition) is 0. The molecule has 0 nitrogen and oxygen atoms in total. The predicted molar refractivity (Wildman–Crippen MR) is 0 cm³/mol. The van der Waals surface area contributed by atoms with Crippen molar-refractivity contribution in [1.29, 1.82) is 0 Å². The van der Waals surface area contributed by atoms with Crippen LogP contribution in [0.1, 0.15) is 0 Å². The monoisotopic (exact) mass is 18400 g/mol. The maximum Gasteiger partial charge on any atom is 0 e.